The van der Waals surface area contributed by atoms with Crippen molar-refractivity contribution in [1.82, 2.24) is 15.1 Å². The molecule has 4 aliphatic rings. The van der Waals surface area contributed by atoms with Gasteiger partial charge in [-0.05, 0) is 50.4 Å². The van der Waals surface area contributed by atoms with Crippen molar-refractivity contribution < 1.29 is 23.9 Å². The lowest BCUT2D eigenvalue weighted by Crippen LogP contribution is -2.54. The molecule has 4 amide bonds. The van der Waals surface area contributed by atoms with E-state index in [1.807, 2.05) is 11.8 Å². The van der Waals surface area contributed by atoms with Crippen LogP contribution in [0.1, 0.15) is 71.1 Å². The van der Waals surface area contributed by atoms with Gasteiger partial charge in [-0.1, -0.05) is 32.6 Å². The molecule has 4 fully saturated rings. The van der Waals surface area contributed by atoms with Gasteiger partial charge in [-0.2, -0.15) is 0 Å². The summed E-state index contributed by atoms with van der Waals surface area (Å²) >= 11 is 0. The third kappa shape index (κ3) is 3.81. The van der Waals surface area contributed by atoms with Gasteiger partial charge in [0.2, 0.25) is 0 Å². The van der Waals surface area contributed by atoms with Crippen LogP contribution in [0.3, 0.4) is 0 Å². The van der Waals surface area contributed by atoms with Crippen LogP contribution in [0.25, 0.3) is 0 Å². The number of carbonyl (C=O) groups is 4. The van der Waals surface area contributed by atoms with E-state index in [4.69, 9.17) is 4.74 Å². The van der Waals surface area contributed by atoms with Crippen LogP contribution in [0, 0.1) is 11.8 Å². The molecule has 2 saturated carbocycles. The molecule has 8 heteroatoms. The smallest absolute Gasteiger partial charge is 0.326 e. The molecular formula is C22H33N3O5. The van der Waals surface area contributed by atoms with E-state index in [-0.39, 0.29) is 30.4 Å². The number of esters is 1. The fourth-order valence-electron chi connectivity index (χ4n) is 5.97. The number of hydrogen-bond acceptors (Lipinski definition) is 5. The van der Waals surface area contributed by atoms with Crippen LogP contribution in [0.5, 0.6) is 0 Å². The largest absolute Gasteiger partial charge is 0.454 e. The topological polar surface area (TPSA) is 96.0 Å². The highest BCUT2D eigenvalue weighted by Crippen LogP contribution is 2.38. The number of ether oxygens (including phenoxy) is 1. The first-order chi connectivity index (χ1) is 14.4. The van der Waals surface area contributed by atoms with Gasteiger partial charge in [0.1, 0.15) is 12.1 Å². The van der Waals surface area contributed by atoms with Gasteiger partial charge in [0.25, 0.3) is 11.8 Å². The van der Waals surface area contributed by atoms with Crippen molar-refractivity contribution in [3.63, 3.8) is 0 Å². The summed E-state index contributed by atoms with van der Waals surface area (Å²) in [7, 11) is 0. The highest BCUT2D eigenvalue weighted by molar-refractivity contribution is 6.09. The second-order valence-corrected chi connectivity index (χ2v) is 9.44. The molecule has 8 nitrogen and oxygen atoms in total. The van der Waals surface area contributed by atoms with E-state index in [0.717, 1.165) is 43.4 Å². The van der Waals surface area contributed by atoms with Gasteiger partial charge >= 0.3 is 12.0 Å². The van der Waals surface area contributed by atoms with Crippen molar-refractivity contribution in [2.24, 2.45) is 11.8 Å². The zero-order valence-corrected chi connectivity index (χ0v) is 17.9. The Morgan fingerprint density at radius 1 is 1.07 bits per heavy atom. The van der Waals surface area contributed by atoms with E-state index >= 15 is 0 Å². The number of hydrogen-bond donors (Lipinski definition) is 1. The standard InChI is InChI=1S/C22H33N3O5/c1-15-7-4-5-11-22(15)20(28)25(21(29)23-22)13-19(27)30-14-18(26)24-12-6-9-16-8-2-3-10-17(16)24/h15-17H,2-14H2,1H3,(H,23,29)/t15-,16+,17-,22+/m0/s1. The number of fused-ring (bicyclic) bond motifs is 1. The first-order valence-corrected chi connectivity index (χ1v) is 11.5. The maximum Gasteiger partial charge on any atom is 0.326 e. The maximum absolute atomic E-state index is 12.9. The number of carbonyl (C=O) groups excluding carboxylic acids is 4. The van der Waals surface area contributed by atoms with E-state index in [1.54, 1.807) is 0 Å². The molecule has 4 rings (SSSR count). The van der Waals surface area contributed by atoms with Gasteiger partial charge in [-0.3, -0.25) is 19.3 Å². The van der Waals surface area contributed by atoms with Crippen molar-refractivity contribution in [1.29, 1.82) is 0 Å². The van der Waals surface area contributed by atoms with E-state index in [9.17, 15) is 19.2 Å². The minimum Gasteiger partial charge on any atom is -0.454 e. The van der Waals surface area contributed by atoms with Crippen LogP contribution in [-0.2, 0) is 19.1 Å². The molecule has 1 spiro atoms. The Balaban J connectivity index is 1.31. The summed E-state index contributed by atoms with van der Waals surface area (Å²) < 4.78 is 5.19. The lowest BCUT2D eigenvalue weighted by molar-refractivity contribution is -0.156. The molecule has 2 heterocycles. The fraction of sp³-hybridized carbons (Fsp3) is 0.818. The predicted molar refractivity (Wildman–Crippen MR) is 108 cm³/mol. The molecule has 0 unspecified atom stereocenters. The number of piperidine rings is 1. The Hall–Kier alpha value is -2.12. The van der Waals surface area contributed by atoms with Gasteiger partial charge in [-0.15, -0.1) is 0 Å². The third-order valence-electron chi connectivity index (χ3n) is 7.71. The quantitative estimate of drug-likeness (QED) is 0.557. The summed E-state index contributed by atoms with van der Waals surface area (Å²) in [6.45, 7) is 1.91. The number of imide groups is 1. The average molecular weight is 420 g/mol. The minimum atomic E-state index is -0.894. The molecular weight excluding hydrogens is 386 g/mol. The molecule has 2 saturated heterocycles. The number of rotatable bonds is 4. The second kappa shape index (κ2) is 8.55. The van der Waals surface area contributed by atoms with Crippen LogP contribution in [0.4, 0.5) is 4.79 Å². The summed E-state index contributed by atoms with van der Waals surface area (Å²) in [6.07, 6.45) is 10.1. The van der Waals surface area contributed by atoms with Gasteiger partial charge in [0, 0.05) is 12.6 Å². The molecule has 0 bridgehead atoms. The summed E-state index contributed by atoms with van der Waals surface area (Å²) in [5.74, 6) is -0.636. The Morgan fingerprint density at radius 2 is 1.80 bits per heavy atom. The third-order valence-corrected chi connectivity index (χ3v) is 7.71. The second-order valence-electron chi connectivity index (χ2n) is 9.44. The van der Waals surface area contributed by atoms with Gasteiger partial charge in [0.05, 0.1) is 0 Å². The van der Waals surface area contributed by atoms with Crippen LogP contribution in [0.2, 0.25) is 0 Å². The van der Waals surface area contributed by atoms with E-state index in [2.05, 4.69) is 5.32 Å². The van der Waals surface area contributed by atoms with Gasteiger partial charge in [-0.25, -0.2) is 4.79 Å². The molecule has 0 radical (unpaired) electrons. The molecule has 2 aliphatic heterocycles. The van der Waals surface area contributed by atoms with Crippen molar-refractivity contribution in [3.8, 4) is 0 Å². The number of nitrogens with one attached hydrogen (secondary N) is 1. The Morgan fingerprint density at radius 3 is 2.60 bits per heavy atom. The molecule has 30 heavy (non-hydrogen) atoms. The molecule has 166 valence electrons. The maximum atomic E-state index is 12.9. The van der Waals surface area contributed by atoms with E-state index in [0.29, 0.717) is 18.9 Å². The Labute approximate surface area is 177 Å². The van der Waals surface area contributed by atoms with E-state index < -0.39 is 24.1 Å². The van der Waals surface area contributed by atoms with Crippen LogP contribution in [-0.4, -0.2) is 64.9 Å². The van der Waals surface area contributed by atoms with Crippen molar-refractivity contribution in [2.45, 2.75) is 82.7 Å². The SMILES string of the molecule is C[C@H]1CCCC[C@@]12NC(=O)N(CC(=O)OCC(=O)N1CCC[C@H]3CCCC[C@@H]31)C2=O. The van der Waals surface area contributed by atoms with Gasteiger partial charge < -0.3 is 15.0 Å². The van der Waals surface area contributed by atoms with Crippen LogP contribution >= 0.6 is 0 Å². The summed E-state index contributed by atoms with van der Waals surface area (Å²) in [5, 5.41) is 2.83. The lowest BCUT2D eigenvalue weighted by atomic mass is 9.73. The summed E-state index contributed by atoms with van der Waals surface area (Å²) in [4.78, 5) is 53.2. The first kappa shape index (κ1) is 21.1. The Bertz CT molecular complexity index is 724. The van der Waals surface area contributed by atoms with Crippen molar-refractivity contribution in [2.75, 3.05) is 19.7 Å². The van der Waals surface area contributed by atoms with Gasteiger partial charge in [0.15, 0.2) is 6.61 Å². The lowest BCUT2D eigenvalue weighted by Gasteiger charge is -2.44. The van der Waals surface area contributed by atoms with Crippen molar-refractivity contribution >= 4 is 23.8 Å². The number of amides is 4. The van der Waals surface area contributed by atoms with Crippen LogP contribution in [0.15, 0.2) is 0 Å². The predicted octanol–water partition coefficient (Wildman–Crippen LogP) is 2.21. The summed E-state index contributed by atoms with van der Waals surface area (Å²) in [6, 6.07) is -0.282. The van der Waals surface area contributed by atoms with Crippen molar-refractivity contribution in [3.05, 3.63) is 0 Å². The first-order valence-electron chi connectivity index (χ1n) is 11.5. The molecule has 2 aliphatic carbocycles. The zero-order chi connectivity index (χ0) is 21.3. The highest BCUT2D eigenvalue weighted by atomic mass is 16.5. The minimum absolute atomic E-state index is 0.0350. The molecule has 0 aromatic carbocycles. The van der Waals surface area contributed by atoms with E-state index in [1.165, 1.54) is 19.3 Å². The Kier molecular flexibility index (Phi) is 6.02. The number of nitrogens with zero attached hydrogens (tertiary/aromatic N) is 2. The number of urea groups is 1. The molecule has 0 aromatic rings. The fourth-order valence-corrected chi connectivity index (χ4v) is 5.97. The highest BCUT2D eigenvalue weighted by Gasteiger charge is 2.55. The number of likely N-dealkylation sites (tertiary alicyclic amines) is 1. The zero-order valence-electron chi connectivity index (χ0n) is 17.9. The average Bonchev–Trinajstić information content (AvgIpc) is 2.98. The monoisotopic (exact) mass is 419 g/mol. The molecule has 4 atom stereocenters. The van der Waals surface area contributed by atoms with Crippen LogP contribution < -0.4 is 5.32 Å². The normalized spacial score (nSPS) is 34.0. The molecule has 1 N–H and O–H groups in total. The molecule has 0 aromatic heterocycles. The summed E-state index contributed by atoms with van der Waals surface area (Å²) in [5.41, 5.74) is -0.894.